The monoisotopic (exact) mass is 1520 g/mol. The molecule has 28 nitrogen and oxygen atoms in total. The molecule has 10 aromatic heterocycles. The summed E-state index contributed by atoms with van der Waals surface area (Å²) in [5.74, 6) is 11.4. The van der Waals surface area contributed by atoms with Crippen LogP contribution in [0.15, 0.2) is 126 Å². The fourth-order valence-corrected chi connectivity index (χ4v) is 13.8. The maximum absolute atomic E-state index is 12.2. The van der Waals surface area contributed by atoms with E-state index in [0.717, 1.165) is 73.5 Å². The van der Waals surface area contributed by atoms with E-state index in [1.165, 1.54) is 68.3 Å². The lowest BCUT2D eigenvalue weighted by Gasteiger charge is -2.13. The molecule has 4 saturated carbocycles. The summed E-state index contributed by atoms with van der Waals surface area (Å²) in [6, 6.07) is 33.6. The highest BCUT2D eigenvalue weighted by atomic mass is 35.5. The molecule has 0 radical (unpaired) electrons. The van der Waals surface area contributed by atoms with Crippen molar-refractivity contribution in [3.8, 4) is 57.3 Å². The van der Waals surface area contributed by atoms with Gasteiger partial charge in [-0.15, -0.1) is 29.1 Å². The summed E-state index contributed by atoms with van der Waals surface area (Å²) in [4.78, 5) is 37.2. The predicted octanol–water partition coefficient (Wildman–Crippen LogP) is 16.0. The van der Waals surface area contributed by atoms with E-state index in [4.69, 9.17) is 56.9 Å². The third kappa shape index (κ3) is 18.7. The van der Waals surface area contributed by atoms with Crippen molar-refractivity contribution in [2.45, 2.75) is 105 Å². The zero-order valence-electron chi connectivity index (χ0n) is 55.5. The first-order chi connectivity index (χ1) is 50.3. The van der Waals surface area contributed by atoms with Crippen molar-refractivity contribution in [3.05, 3.63) is 181 Å². The van der Waals surface area contributed by atoms with Crippen LogP contribution in [0.2, 0.25) is 15.1 Å². The topological polar surface area (TPSA) is 412 Å². The van der Waals surface area contributed by atoms with Crippen molar-refractivity contribution in [1.29, 1.82) is 10.5 Å². The van der Waals surface area contributed by atoms with Crippen LogP contribution < -0.4 is 31.3 Å². The lowest BCUT2D eigenvalue weighted by Crippen LogP contribution is -2.25. The first kappa shape index (κ1) is 71.6. The maximum Gasteiger partial charge on any atom is 0.250 e. The SMILES string of the molecule is C#Cc1cnc(-c2ccc(CC#N)cc2)nc1Nc1cc(C2CC2)[nH]n1.CC(C)(O)c1ccc(-c2ncc(Cl)c(Nc3cc(C4CC4)[nH]n3)n2)s1.N#Cc1ccc(Nc2ncc(Cl)c(Nc3cc(C4CC4)[nH]n3)n2)cc1.O=S(=O)(NCCO)c1ccc(-c2ncc(Cl)c(Nc3cc(C4CC4)[nH]n3)n2)s1.[HH].[HH].[HH].[HH].[HH].[HH]. The van der Waals surface area contributed by atoms with Crippen LogP contribution in [0.5, 0.6) is 0 Å². The highest BCUT2D eigenvalue weighted by Crippen LogP contribution is 2.44. The third-order valence-electron chi connectivity index (χ3n) is 16.3. The molecule has 540 valence electrons. The molecule has 4 aliphatic carbocycles. The van der Waals surface area contributed by atoms with Gasteiger partial charge in [-0.2, -0.15) is 35.9 Å². The van der Waals surface area contributed by atoms with E-state index in [2.05, 4.69) is 130 Å². The molecule has 0 spiro atoms. The summed E-state index contributed by atoms with van der Waals surface area (Å²) in [5.41, 5.74) is 7.37. The molecule has 10 heterocycles. The van der Waals surface area contributed by atoms with Gasteiger partial charge in [0.15, 0.2) is 64.0 Å². The number of halogens is 3. The van der Waals surface area contributed by atoms with Gasteiger partial charge in [0.2, 0.25) is 16.0 Å². The van der Waals surface area contributed by atoms with E-state index in [1.807, 2.05) is 60.7 Å². The Labute approximate surface area is 628 Å². The smallest absolute Gasteiger partial charge is 0.250 e. The molecule has 104 heavy (non-hydrogen) atoms. The minimum Gasteiger partial charge on any atom is -0.395 e. The highest BCUT2D eigenvalue weighted by molar-refractivity contribution is 7.91. The first-order valence-electron chi connectivity index (χ1n) is 32.8. The van der Waals surface area contributed by atoms with E-state index >= 15 is 0 Å². The number of hydrogen-bond acceptors (Lipinski definition) is 25. The highest BCUT2D eigenvalue weighted by Gasteiger charge is 2.30. The molecule has 4 aliphatic rings. The number of rotatable bonds is 23. The predicted molar refractivity (Wildman–Crippen MR) is 412 cm³/mol. The molecule has 34 heteroatoms. The van der Waals surface area contributed by atoms with E-state index in [9.17, 15) is 13.5 Å². The van der Waals surface area contributed by atoms with E-state index in [1.54, 1.807) is 56.6 Å². The molecule has 0 aliphatic heterocycles. The Balaban J connectivity index is 0.000000200. The van der Waals surface area contributed by atoms with Crippen molar-refractivity contribution in [3.63, 3.8) is 0 Å². The number of anilines is 10. The number of aliphatic hydroxyl groups is 2. The molecule has 0 amide bonds. The minimum absolute atomic E-state index is 0. The van der Waals surface area contributed by atoms with Crippen molar-refractivity contribution >= 4 is 126 Å². The Kier molecular flexibility index (Phi) is 21.9. The summed E-state index contributed by atoms with van der Waals surface area (Å²) < 4.78 is 26.7. The van der Waals surface area contributed by atoms with Crippen LogP contribution in [0.4, 0.5) is 58.2 Å². The van der Waals surface area contributed by atoms with Crippen molar-refractivity contribution in [2.75, 3.05) is 39.7 Å². The van der Waals surface area contributed by atoms with Crippen LogP contribution >= 0.6 is 57.5 Å². The number of nitriles is 2. The fraction of sp³-hybridized carbons (Fsp3) is 0.257. The van der Waals surface area contributed by atoms with Crippen LogP contribution in [0.3, 0.4) is 0 Å². The molecular weight excluding hydrogens is 1440 g/mol. The van der Waals surface area contributed by atoms with Gasteiger partial charge in [0, 0.05) is 108 Å². The zero-order valence-corrected chi connectivity index (χ0v) is 60.3. The van der Waals surface area contributed by atoms with Crippen LogP contribution in [-0.4, -0.2) is 112 Å². The Morgan fingerprint density at radius 1 is 0.577 bits per heavy atom. The number of benzene rings is 2. The number of sulfonamides is 1. The van der Waals surface area contributed by atoms with E-state index in [0.29, 0.717) is 131 Å². The van der Waals surface area contributed by atoms with Gasteiger partial charge in [0.25, 0.3) is 0 Å². The Hall–Kier alpha value is -10.8. The Morgan fingerprint density at radius 2 is 1.03 bits per heavy atom. The fourth-order valence-electron chi connectivity index (χ4n) is 10.1. The number of nitrogens with one attached hydrogen (secondary N) is 10. The third-order valence-corrected chi connectivity index (χ3v) is 21.5. The number of hydrogen-bond donors (Lipinski definition) is 12. The Bertz CT molecular complexity index is 5300. The Morgan fingerprint density at radius 3 is 1.48 bits per heavy atom. The minimum atomic E-state index is -3.68. The number of aliphatic hydroxyl groups excluding tert-OH is 1. The molecule has 0 saturated heterocycles. The average molecular weight is 1520 g/mol. The van der Waals surface area contributed by atoms with Gasteiger partial charge in [-0.3, -0.25) is 20.4 Å². The van der Waals surface area contributed by atoms with Crippen molar-refractivity contribution in [1.82, 2.24) is 85.4 Å². The first-order valence-corrected chi connectivity index (χ1v) is 37.1. The number of aromatic amines is 4. The standard InChI is InChI=1S/C20H16N6.C17H14ClN7.C17H18ClN5OS.C16H17ClN6O3S2.6H2/c1-2-14-12-22-19(16-5-3-13(4-6-16)9-10-21)24-20(14)23-18-11-17(25-26-18)15-7-8-15;18-13-9-20-17(21-12-5-1-10(8-19)2-6-12)23-16(13)22-15-7-14(24-25-15)11-3-4-11;1-17(2,24)13-6-5-12(25-13)16-19-8-10(18)15(21-16)20-14-7-11(22-23-14)9-3-4-9;17-10-8-18-16(12-3-4-14(27-12)28(25,26)19-5-6-24)21-15(10)20-13-7-11(22-23-13)9-1-2-9;;;;;;/h1,3-6,11-12,15H,7-9H2,(H2,22,23,24,25,26);1-2,5-7,9,11H,3-4H2,(H3,20,21,22,23,24,25);5-9,24H,3-4H2,1-2H3,(H2,19,20,21,22,23);3-4,7-9,19,24H,1-2,5-6H2,(H2,18,20,21,22,23);6*1H. The van der Waals surface area contributed by atoms with Gasteiger partial charge in [-0.25, -0.2) is 48.0 Å². The van der Waals surface area contributed by atoms with E-state index in [-0.39, 0.29) is 25.9 Å². The molecule has 16 rings (SSSR count). The van der Waals surface area contributed by atoms with Gasteiger partial charge in [-0.1, -0.05) is 65.0 Å². The molecular formula is C70H77Cl3N24O4S3. The second-order valence-electron chi connectivity index (χ2n) is 25.0. The van der Waals surface area contributed by atoms with Crippen LogP contribution in [0, 0.1) is 35.0 Å². The largest absolute Gasteiger partial charge is 0.395 e. The molecule has 0 atom stereocenters. The number of aromatic nitrogens is 16. The van der Waals surface area contributed by atoms with Crippen LogP contribution in [0.25, 0.3) is 32.8 Å². The zero-order chi connectivity index (χ0) is 72.5. The number of nitrogens with zero attached hydrogens (tertiary/aromatic N) is 14. The van der Waals surface area contributed by atoms with Gasteiger partial charge in [0.05, 0.1) is 70.2 Å². The number of terminal acetylenes is 1. The summed E-state index contributed by atoms with van der Waals surface area (Å²) in [6.07, 6.45) is 21.7. The quantitative estimate of drug-likeness (QED) is 0.0265. The van der Waals surface area contributed by atoms with E-state index < -0.39 is 15.6 Å². The summed E-state index contributed by atoms with van der Waals surface area (Å²) in [7, 11) is -3.68. The average Bonchev–Trinajstić information content (AvgIpc) is 1.75. The molecule has 0 bridgehead atoms. The number of thiophene rings is 2. The second kappa shape index (κ2) is 31.9. The maximum atomic E-state index is 12.2. The van der Waals surface area contributed by atoms with Crippen LogP contribution in [-0.2, 0) is 22.0 Å². The molecule has 12 N–H and O–H groups in total. The van der Waals surface area contributed by atoms with Gasteiger partial charge in [0.1, 0.15) is 19.3 Å². The molecule has 4 fully saturated rings. The van der Waals surface area contributed by atoms with Gasteiger partial charge in [-0.05, 0) is 119 Å². The summed E-state index contributed by atoms with van der Waals surface area (Å²) in [5, 5.41) is 82.5. The molecule has 0 unspecified atom stereocenters. The van der Waals surface area contributed by atoms with Crippen molar-refractivity contribution < 1.29 is 27.2 Å². The van der Waals surface area contributed by atoms with Crippen molar-refractivity contribution in [2.24, 2.45) is 0 Å². The van der Waals surface area contributed by atoms with Crippen LogP contribution in [0.1, 0.15) is 142 Å². The second-order valence-corrected chi connectivity index (χ2v) is 30.4. The summed E-state index contributed by atoms with van der Waals surface area (Å²) in [6.45, 7) is 3.19. The van der Waals surface area contributed by atoms with Gasteiger partial charge < -0.3 is 36.8 Å². The normalized spacial score (nSPS) is 13.8. The number of H-pyrrole nitrogens is 4. The lowest BCUT2D eigenvalue weighted by molar-refractivity contribution is 0.0825. The lowest BCUT2D eigenvalue weighted by atomic mass is 10.1. The molecule has 2 aromatic carbocycles. The molecule has 12 aromatic rings. The summed E-state index contributed by atoms with van der Waals surface area (Å²) >= 11 is 21.1. The van der Waals surface area contributed by atoms with Gasteiger partial charge >= 0.3 is 0 Å².